The maximum Gasteiger partial charge on any atom is 0.161 e. The van der Waals surface area contributed by atoms with Gasteiger partial charge in [-0.15, -0.1) is 0 Å². The van der Waals surface area contributed by atoms with E-state index < -0.39 is 0 Å². The lowest BCUT2D eigenvalue weighted by atomic mass is 9.94. The molecule has 0 radical (unpaired) electrons. The lowest BCUT2D eigenvalue weighted by Gasteiger charge is -2.29. The van der Waals surface area contributed by atoms with Crippen LogP contribution in [0.2, 0.25) is 0 Å². The molecule has 0 saturated heterocycles. The first-order chi connectivity index (χ1) is 7.33. The molecule has 0 N–H and O–H groups in total. The van der Waals surface area contributed by atoms with Gasteiger partial charge in [0.15, 0.2) is 5.78 Å². The summed E-state index contributed by atoms with van der Waals surface area (Å²) in [5.41, 5.74) is 0. The Balaban J connectivity index is 1.58. The van der Waals surface area contributed by atoms with Gasteiger partial charge in [0, 0.05) is 6.42 Å². The fourth-order valence-corrected chi connectivity index (χ4v) is 3.66. The number of fused-ring (bicyclic) bond motifs is 2. The van der Waals surface area contributed by atoms with E-state index in [0.29, 0.717) is 11.9 Å². The number of Topliss-reactive ketones (excluding diaryl/α,β-unsaturated/α-hetero) is 1. The molecule has 4 atom stereocenters. The molecular formula is C13H20O2. The second kappa shape index (κ2) is 3.89. The highest BCUT2D eigenvalue weighted by molar-refractivity contribution is 5.83. The summed E-state index contributed by atoms with van der Waals surface area (Å²) in [5, 5.41) is 0. The molecule has 4 unspecified atom stereocenters. The van der Waals surface area contributed by atoms with Gasteiger partial charge in [-0.2, -0.15) is 0 Å². The van der Waals surface area contributed by atoms with E-state index in [9.17, 15) is 4.79 Å². The average molecular weight is 208 g/mol. The molecule has 0 aromatic carbocycles. The highest BCUT2D eigenvalue weighted by Gasteiger charge is 2.42. The number of ketones is 1. The summed E-state index contributed by atoms with van der Waals surface area (Å²) in [5.74, 6) is 2.06. The van der Waals surface area contributed by atoms with E-state index in [0.717, 1.165) is 31.1 Å². The van der Waals surface area contributed by atoms with Gasteiger partial charge in [0.2, 0.25) is 0 Å². The van der Waals surface area contributed by atoms with E-state index in [1.165, 1.54) is 32.1 Å². The van der Waals surface area contributed by atoms with E-state index >= 15 is 0 Å². The molecular weight excluding hydrogens is 188 g/mol. The molecule has 0 aliphatic heterocycles. The van der Waals surface area contributed by atoms with Crippen molar-refractivity contribution >= 4 is 5.78 Å². The van der Waals surface area contributed by atoms with Crippen molar-refractivity contribution in [3.63, 3.8) is 0 Å². The van der Waals surface area contributed by atoms with Crippen molar-refractivity contribution in [2.24, 2.45) is 11.8 Å². The molecule has 0 heterocycles. The van der Waals surface area contributed by atoms with E-state index in [2.05, 4.69) is 0 Å². The van der Waals surface area contributed by atoms with Crippen molar-refractivity contribution in [1.29, 1.82) is 0 Å². The average Bonchev–Trinajstić information content (AvgIpc) is 2.83. The number of ether oxygens (including phenoxy) is 1. The summed E-state index contributed by atoms with van der Waals surface area (Å²) < 4.78 is 6.05. The molecule has 0 amide bonds. The number of carbonyl (C=O) groups excluding carboxylic acids is 1. The maximum atomic E-state index is 11.7. The Morgan fingerprint density at radius 2 is 2.00 bits per heavy atom. The van der Waals surface area contributed by atoms with Crippen LogP contribution in [0.4, 0.5) is 0 Å². The van der Waals surface area contributed by atoms with Gasteiger partial charge in [-0.25, -0.2) is 0 Å². The maximum absolute atomic E-state index is 11.7. The summed E-state index contributed by atoms with van der Waals surface area (Å²) in [6.45, 7) is 0. The predicted molar refractivity (Wildman–Crippen MR) is 57.6 cm³/mol. The molecule has 2 bridgehead atoms. The van der Waals surface area contributed by atoms with Crippen LogP contribution >= 0.6 is 0 Å². The van der Waals surface area contributed by atoms with Crippen LogP contribution in [0.25, 0.3) is 0 Å². The summed E-state index contributed by atoms with van der Waals surface area (Å²) in [7, 11) is 0. The Kier molecular flexibility index (Phi) is 2.55. The third kappa shape index (κ3) is 1.84. The minimum absolute atomic E-state index is 0.0388. The minimum atomic E-state index is -0.0388. The number of hydrogen-bond acceptors (Lipinski definition) is 2. The third-order valence-electron chi connectivity index (χ3n) is 4.51. The summed E-state index contributed by atoms with van der Waals surface area (Å²) in [6.07, 6.45) is 9.73. The normalized spacial score (nSPS) is 44.9. The molecule has 15 heavy (non-hydrogen) atoms. The summed E-state index contributed by atoms with van der Waals surface area (Å²) >= 11 is 0. The second-order valence-corrected chi connectivity index (χ2v) is 5.55. The van der Waals surface area contributed by atoms with E-state index in [1.54, 1.807) is 0 Å². The van der Waals surface area contributed by atoms with E-state index in [-0.39, 0.29) is 6.10 Å². The molecule has 3 aliphatic rings. The van der Waals surface area contributed by atoms with Gasteiger partial charge in [0.25, 0.3) is 0 Å². The Bertz CT molecular complexity index is 261. The van der Waals surface area contributed by atoms with Crippen molar-refractivity contribution in [2.45, 2.75) is 63.6 Å². The van der Waals surface area contributed by atoms with Crippen molar-refractivity contribution in [1.82, 2.24) is 0 Å². The van der Waals surface area contributed by atoms with Gasteiger partial charge in [-0.3, -0.25) is 4.79 Å². The molecule has 3 fully saturated rings. The smallest absolute Gasteiger partial charge is 0.161 e. The van der Waals surface area contributed by atoms with E-state index in [1.807, 2.05) is 0 Å². The first-order valence-electron chi connectivity index (χ1n) is 6.51. The van der Waals surface area contributed by atoms with Gasteiger partial charge in [-0.05, 0) is 56.8 Å². The first-order valence-corrected chi connectivity index (χ1v) is 6.51. The largest absolute Gasteiger partial charge is 0.367 e. The van der Waals surface area contributed by atoms with Gasteiger partial charge >= 0.3 is 0 Å². The van der Waals surface area contributed by atoms with Crippen LogP contribution in [0.3, 0.4) is 0 Å². The molecule has 84 valence electrons. The molecule has 0 spiro atoms. The van der Waals surface area contributed by atoms with Gasteiger partial charge < -0.3 is 4.74 Å². The molecule has 3 aliphatic carbocycles. The Morgan fingerprint density at radius 3 is 2.67 bits per heavy atom. The van der Waals surface area contributed by atoms with Crippen molar-refractivity contribution in [3.8, 4) is 0 Å². The topological polar surface area (TPSA) is 26.3 Å². The van der Waals surface area contributed by atoms with Crippen LogP contribution in [0.1, 0.15) is 51.4 Å². The molecule has 2 heteroatoms. The zero-order valence-electron chi connectivity index (χ0n) is 9.28. The van der Waals surface area contributed by atoms with Crippen LogP contribution in [0.5, 0.6) is 0 Å². The minimum Gasteiger partial charge on any atom is -0.367 e. The monoisotopic (exact) mass is 208 g/mol. The fourth-order valence-electron chi connectivity index (χ4n) is 3.66. The van der Waals surface area contributed by atoms with Crippen molar-refractivity contribution in [2.75, 3.05) is 0 Å². The predicted octanol–water partition coefficient (Wildman–Crippen LogP) is 2.70. The highest BCUT2D eigenvalue weighted by atomic mass is 16.5. The molecule has 0 aromatic rings. The highest BCUT2D eigenvalue weighted by Crippen LogP contribution is 2.46. The van der Waals surface area contributed by atoms with Crippen LogP contribution in [-0.4, -0.2) is 18.0 Å². The van der Waals surface area contributed by atoms with Crippen molar-refractivity contribution < 1.29 is 9.53 Å². The molecule has 3 rings (SSSR count). The number of hydrogen-bond donors (Lipinski definition) is 0. The lowest BCUT2D eigenvalue weighted by molar-refractivity contribution is -0.139. The van der Waals surface area contributed by atoms with Crippen LogP contribution in [0, 0.1) is 11.8 Å². The standard InChI is InChI=1S/C13H20O2/c14-11-3-1-2-4-12(11)15-13-8-9-5-6-10(13)7-9/h9-10,12-13H,1-8H2. The second-order valence-electron chi connectivity index (χ2n) is 5.55. The molecule has 2 nitrogen and oxygen atoms in total. The third-order valence-corrected chi connectivity index (χ3v) is 4.51. The first kappa shape index (κ1) is 9.83. The fraction of sp³-hybridized carbons (Fsp3) is 0.923. The SMILES string of the molecule is O=C1CCCCC1OC1CC2CCC1C2. The zero-order valence-corrected chi connectivity index (χ0v) is 9.28. The van der Waals surface area contributed by atoms with Gasteiger partial charge in [-0.1, -0.05) is 0 Å². The lowest BCUT2D eigenvalue weighted by Crippen LogP contribution is -2.34. The van der Waals surface area contributed by atoms with Gasteiger partial charge in [0.1, 0.15) is 6.10 Å². The van der Waals surface area contributed by atoms with Crippen LogP contribution in [0.15, 0.2) is 0 Å². The number of carbonyl (C=O) groups is 1. The van der Waals surface area contributed by atoms with Crippen LogP contribution < -0.4 is 0 Å². The molecule has 3 saturated carbocycles. The summed E-state index contributed by atoms with van der Waals surface area (Å²) in [6, 6.07) is 0. The van der Waals surface area contributed by atoms with Gasteiger partial charge in [0.05, 0.1) is 6.10 Å². The quantitative estimate of drug-likeness (QED) is 0.697. The molecule has 0 aromatic heterocycles. The number of rotatable bonds is 2. The zero-order chi connectivity index (χ0) is 10.3. The Morgan fingerprint density at radius 1 is 1.07 bits per heavy atom. The van der Waals surface area contributed by atoms with Crippen molar-refractivity contribution in [3.05, 3.63) is 0 Å². The van der Waals surface area contributed by atoms with Crippen LogP contribution in [-0.2, 0) is 9.53 Å². The Hall–Kier alpha value is -0.370. The van der Waals surface area contributed by atoms with E-state index in [4.69, 9.17) is 4.74 Å². The Labute approximate surface area is 91.4 Å². The summed E-state index contributed by atoms with van der Waals surface area (Å²) in [4.78, 5) is 11.7.